The van der Waals surface area contributed by atoms with Crippen molar-refractivity contribution in [2.75, 3.05) is 54.0 Å². The zero-order chi connectivity index (χ0) is 13.0. The Morgan fingerprint density at radius 3 is 2.83 bits per heavy atom. The third-order valence-corrected chi connectivity index (χ3v) is 4.61. The van der Waals surface area contributed by atoms with Crippen LogP contribution in [0.1, 0.15) is 19.3 Å². The first-order valence-electron chi connectivity index (χ1n) is 7.34. The lowest BCUT2D eigenvalue weighted by Gasteiger charge is -2.30. The molecule has 4 nitrogen and oxygen atoms in total. The summed E-state index contributed by atoms with van der Waals surface area (Å²) in [5, 5.41) is 3.48. The lowest BCUT2D eigenvalue weighted by atomic mass is 9.98. The van der Waals surface area contributed by atoms with E-state index in [1.165, 1.54) is 32.4 Å². The van der Waals surface area contributed by atoms with Gasteiger partial charge >= 0.3 is 0 Å². The standard InChI is InChI=1S/C14H29N3O/c1-15-14(12-6-8-18-11-12)10-16(2)9-13-5-4-7-17(13)3/h12-15H,4-11H2,1-3H3. The highest BCUT2D eigenvalue weighted by Gasteiger charge is 2.27. The van der Waals surface area contributed by atoms with Gasteiger partial charge in [-0.3, -0.25) is 0 Å². The number of rotatable bonds is 6. The van der Waals surface area contributed by atoms with Crippen molar-refractivity contribution >= 4 is 0 Å². The Morgan fingerprint density at radius 2 is 2.28 bits per heavy atom. The maximum atomic E-state index is 5.51. The molecule has 0 radical (unpaired) electrons. The van der Waals surface area contributed by atoms with Crippen LogP contribution in [-0.4, -0.2) is 75.9 Å². The topological polar surface area (TPSA) is 27.7 Å². The average Bonchev–Trinajstić information content (AvgIpc) is 2.99. The minimum Gasteiger partial charge on any atom is -0.381 e. The molecule has 2 aliphatic heterocycles. The Bertz CT molecular complexity index is 243. The first-order valence-corrected chi connectivity index (χ1v) is 7.34. The van der Waals surface area contributed by atoms with Crippen LogP contribution in [-0.2, 0) is 4.74 Å². The third-order valence-electron chi connectivity index (χ3n) is 4.61. The molecule has 3 atom stereocenters. The SMILES string of the molecule is CNC(CN(C)CC1CCCN1C)C1CCOC1. The second-order valence-corrected chi connectivity index (χ2v) is 6.02. The van der Waals surface area contributed by atoms with E-state index in [9.17, 15) is 0 Å². The lowest BCUT2D eigenvalue weighted by molar-refractivity contribution is 0.160. The van der Waals surface area contributed by atoms with Gasteiger partial charge in [0, 0.05) is 37.7 Å². The molecule has 106 valence electrons. The third kappa shape index (κ3) is 3.67. The normalized spacial score (nSPS) is 31.3. The van der Waals surface area contributed by atoms with Crippen LogP contribution in [0, 0.1) is 5.92 Å². The molecule has 4 heteroatoms. The van der Waals surface area contributed by atoms with Crippen molar-refractivity contribution in [2.45, 2.75) is 31.3 Å². The van der Waals surface area contributed by atoms with Gasteiger partial charge in [0.15, 0.2) is 0 Å². The first-order chi connectivity index (χ1) is 8.70. The van der Waals surface area contributed by atoms with Crippen LogP contribution in [0.4, 0.5) is 0 Å². The van der Waals surface area contributed by atoms with Gasteiger partial charge in [0.05, 0.1) is 6.61 Å². The summed E-state index contributed by atoms with van der Waals surface area (Å²) in [6.45, 7) is 5.47. The molecule has 0 spiro atoms. The number of likely N-dealkylation sites (tertiary alicyclic amines) is 1. The zero-order valence-electron chi connectivity index (χ0n) is 12.2. The van der Waals surface area contributed by atoms with E-state index in [-0.39, 0.29) is 0 Å². The predicted octanol–water partition coefficient (Wildman–Crippen LogP) is 0.637. The van der Waals surface area contributed by atoms with Crippen LogP contribution < -0.4 is 5.32 Å². The number of hydrogen-bond donors (Lipinski definition) is 1. The van der Waals surface area contributed by atoms with E-state index in [0.717, 1.165) is 25.8 Å². The Balaban J connectivity index is 1.75. The molecule has 0 aliphatic carbocycles. The quantitative estimate of drug-likeness (QED) is 0.754. The number of nitrogens with zero attached hydrogens (tertiary/aromatic N) is 2. The van der Waals surface area contributed by atoms with Gasteiger partial charge in [-0.15, -0.1) is 0 Å². The second-order valence-electron chi connectivity index (χ2n) is 6.02. The fourth-order valence-corrected chi connectivity index (χ4v) is 3.33. The van der Waals surface area contributed by atoms with E-state index in [4.69, 9.17) is 4.74 Å². The summed E-state index contributed by atoms with van der Waals surface area (Å²) < 4.78 is 5.51. The molecule has 0 aromatic heterocycles. The first kappa shape index (κ1) is 14.3. The van der Waals surface area contributed by atoms with Crippen molar-refractivity contribution in [3.8, 4) is 0 Å². The van der Waals surface area contributed by atoms with E-state index in [1.807, 2.05) is 0 Å². The molecular weight excluding hydrogens is 226 g/mol. The lowest BCUT2D eigenvalue weighted by Crippen LogP contribution is -2.46. The van der Waals surface area contributed by atoms with Gasteiger partial charge in [-0.2, -0.15) is 0 Å². The van der Waals surface area contributed by atoms with Gasteiger partial charge < -0.3 is 19.9 Å². The molecule has 2 rings (SSSR count). The summed E-state index contributed by atoms with van der Waals surface area (Å²) in [7, 11) is 6.59. The van der Waals surface area contributed by atoms with Crippen LogP contribution in [0.3, 0.4) is 0 Å². The van der Waals surface area contributed by atoms with Crippen LogP contribution in [0.15, 0.2) is 0 Å². The van der Waals surface area contributed by atoms with Crippen molar-refractivity contribution < 1.29 is 4.74 Å². The smallest absolute Gasteiger partial charge is 0.0510 e. The molecule has 1 N–H and O–H groups in total. The Kier molecular flexibility index (Phi) is 5.42. The summed E-state index contributed by atoms with van der Waals surface area (Å²) in [5.74, 6) is 0.693. The van der Waals surface area contributed by atoms with Gasteiger partial charge in [0.25, 0.3) is 0 Å². The summed E-state index contributed by atoms with van der Waals surface area (Å²) in [4.78, 5) is 5.00. The van der Waals surface area contributed by atoms with Gasteiger partial charge in [-0.05, 0) is 47.0 Å². The number of likely N-dealkylation sites (N-methyl/N-ethyl adjacent to an activating group) is 3. The summed E-state index contributed by atoms with van der Waals surface area (Å²) in [6, 6.07) is 1.33. The van der Waals surface area contributed by atoms with Crippen LogP contribution in [0.25, 0.3) is 0 Å². The van der Waals surface area contributed by atoms with E-state index < -0.39 is 0 Å². The molecule has 18 heavy (non-hydrogen) atoms. The fraction of sp³-hybridized carbons (Fsp3) is 1.00. The molecule has 0 bridgehead atoms. The average molecular weight is 255 g/mol. The molecule has 2 saturated heterocycles. The number of nitrogens with one attached hydrogen (secondary N) is 1. The molecule has 2 heterocycles. The summed E-state index contributed by atoms with van der Waals surface area (Å²) in [5.41, 5.74) is 0. The molecule has 3 unspecified atom stereocenters. The van der Waals surface area contributed by atoms with E-state index in [1.54, 1.807) is 0 Å². The number of hydrogen-bond acceptors (Lipinski definition) is 4. The van der Waals surface area contributed by atoms with E-state index in [2.05, 4.69) is 36.3 Å². The van der Waals surface area contributed by atoms with Gasteiger partial charge in [-0.1, -0.05) is 0 Å². The van der Waals surface area contributed by atoms with Gasteiger partial charge in [-0.25, -0.2) is 0 Å². The Hall–Kier alpha value is -0.160. The number of ether oxygens (including phenoxy) is 1. The summed E-state index contributed by atoms with van der Waals surface area (Å²) >= 11 is 0. The highest BCUT2D eigenvalue weighted by molar-refractivity contribution is 4.84. The van der Waals surface area contributed by atoms with Crippen molar-refractivity contribution in [3.63, 3.8) is 0 Å². The van der Waals surface area contributed by atoms with E-state index in [0.29, 0.717) is 12.0 Å². The maximum Gasteiger partial charge on any atom is 0.0510 e. The maximum absolute atomic E-state index is 5.51. The molecule has 2 aliphatic rings. The highest BCUT2D eigenvalue weighted by Crippen LogP contribution is 2.19. The zero-order valence-corrected chi connectivity index (χ0v) is 12.2. The monoisotopic (exact) mass is 255 g/mol. The van der Waals surface area contributed by atoms with Crippen molar-refractivity contribution in [1.82, 2.24) is 15.1 Å². The van der Waals surface area contributed by atoms with Crippen molar-refractivity contribution in [1.29, 1.82) is 0 Å². The molecule has 0 aromatic rings. The van der Waals surface area contributed by atoms with Crippen LogP contribution in [0.5, 0.6) is 0 Å². The molecule has 2 fully saturated rings. The molecule has 0 amide bonds. The largest absolute Gasteiger partial charge is 0.381 e. The van der Waals surface area contributed by atoms with Crippen molar-refractivity contribution in [3.05, 3.63) is 0 Å². The van der Waals surface area contributed by atoms with Crippen LogP contribution in [0.2, 0.25) is 0 Å². The van der Waals surface area contributed by atoms with Crippen molar-refractivity contribution in [2.24, 2.45) is 5.92 Å². The predicted molar refractivity (Wildman–Crippen MR) is 74.9 cm³/mol. The minimum atomic E-state index is 0.573. The minimum absolute atomic E-state index is 0.573. The second kappa shape index (κ2) is 6.85. The van der Waals surface area contributed by atoms with Gasteiger partial charge in [0.2, 0.25) is 0 Å². The highest BCUT2D eigenvalue weighted by atomic mass is 16.5. The van der Waals surface area contributed by atoms with Crippen LogP contribution >= 0.6 is 0 Å². The summed E-state index contributed by atoms with van der Waals surface area (Å²) in [6.07, 6.45) is 3.93. The Morgan fingerprint density at radius 1 is 1.44 bits per heavy atom. The molecule has 0 aromatic carbocycles. The molecule has 0 saturated carbocycles. The molecular formula is C14H29N3O. The fourth-order valence-electron chi connectivity index (χ4n) is 3.33. The Labute approximate surface area is 112 Å². The van der Waals surface area contributed by atoms with E-state index >= 15 is 0 Å². The van der Waals surface area contributed by atoms with Gasteiger partial charge in [0.1, 0.15) is 0 Å².